The van der Waals surface area contributed by atoms with Crippen LogP contribution < -0.4 is 16.8 Å². The maximum atomic E-state index is 12.9. The molecule has 1 unspecified atom stereocenters. The number of ether oxygens (including phenoxy) is 1. The SMILES string of the molecule is N=c1c(C(N)=S)cc2c(=O)n3ccccc3nc2n1CC1CCCO1. The van der Waals surface area contributed by atoms with E-state index in [0.29, 0.717) is 35.4 Å². The number of nitrogens with two attached hydrogens (primary N) is 1. The fraction of sp³-hybridized carbons (Fsp3) is 0.294. The van der Waals surface area contributed by atoms with Gasteiger partial charge in [-0.15, -0.1) is 0 Å². The Balaban J connectivity index is 2.08. The summed E-state index contributed by atoms with van der Waals surface area (Å²) in [6.45, 7) is 1.16. The van der Waals surface area contributed by atoms with E-state index in [-0.39, 0.29) is 22.1 Å². The van der Waals surface area contributed by atoms with Gasteiger partial charge in [0.05, 0.1) is 23.6 Å². The van der Waals surface area contributed by atoms with Crippen LogP contribution in [0.15, 0.2) is 35.3 Å². The van der Waals surface area contributed by atoms with Crippen molar-refractivity contribution in [2.24, 2.45) is 5.73 Å². The predicted octanol–water partition coefficient (Wildman–Crippen LogP) is 0.942. The smallest absolute Gasteiger partial charge is 0.267 e. The minimum absolute atomic E-state index is 0.00470. The topological polar surface area (TPSA) is 98.4 Å². The van der Waals surface area contributed by atoms with Crippen LogP contribution >= 0.6 is 12.2 Å². The van der Waals surface area contributed by atoms with E-state index in [1.54, 1.807) is 29.0 Å². The maximum absolute atomic E-state index is 12.9. The Hall–Kier alpha value is -2.58. The molecule has 4 heterocycles. The fourth-order valence-electron chi connectivity index (χ4n) is 3.24. The Morgan fingerprint density at radius 2 is 2.32 bits per heavy atom. The minimum Gasteiger partial charge on any atom is -0.389 e. The van der Waals surface area contributed by atoms with E-state index < -0.39 is 0 Å². The third-order valence-corrected chi connectivity index (χ3v) is 4.71. The highest BCUT2D eigenvalue weighted by atomic mass is 32.1. The summed E-state index contributed by atoms with van der Waals surface area (Å²) >= 11 is 5.08. The van der Waals surface area contributed by atoms with Gasteiger partial charge in [0.25, 0.3) is 5.56 Å². The first-order valence-corrected chi connectivity index (χ1v) is 8.48. The lowest BCUT2D eigenvalue weighted by molar-refractivity contribution is 0.0968. The largest absolute Gasteiger partial charge is 0.389 e. The third-order valence-electron chi connectivity index (χ3n) is 4.49. The van der Waals surface area contributed by atoms with Crippen molar-refractivity contribution in [1.82, 2.24) is 14.0 Å². The summed E-state index contributed by atoms with van der Waals surface area (Å²) in [5, 5.41) is 8.88. The number of nitrogens with zero attached hydrogens (tertiary/aromatic N) is 3. The molecule has 0 saturated carbocycles. The van der Waals surface area contributed by atoms with E-state index in [2.05, 4.69) is 4.98 Å². The maximum Gasteiger partial charge on any atom is 0.267 e. The van der Waals surface area contributed by atoms with E-state index >= 15 is 0 Å². The van der Waals surface area contributed by atoms with Crippen LogP contribution in [-0.2, 0) is 11.3 Å². The Labute approximate surface area is 148 Å². The van der Waals surface area contributed by atoms with Crippen LogP contribution in [0.3, 0.4) is 0 Å². The molecule has 4 rings (SSSR count). The van der Waals surface area contributed by atoms with Crippen molar-refractivity contribution < 1.29 is 4.74 Å². The van der Waals surface area contributed by atoms with E-state index in [4.69, 9.17) is 28.1 Å². The molecular formula is C17H17N5O2S. The van der Waals surface area contributed by atoms with Crippen molar-refractivity contribution in [1.29, 1.82) is 5.41 Å². The molecule has 8 heteroatoms. The molecule has 1 fully saturated rings. The molecule has 1 atom stereocenters. The van der Waals surface area contributed by atoms with Gasteiger partial charge < -0.3 is 15.0 Å². The number of thiocarbonyl (C=S) groups is 1. The summed E-state index contributed by atoms with van der Waals surface area (Å²) in [6.07, 6.45) is 3.57. The van der Waals surface area contributed by atoms with Crippen LogP contribution in [0, 0.1) is 5.41 Å². The summed E-state index contributed by atoms with van der Waals surface area (Å²) in [5.41, 5.74) is 7.09. The molecule has 128 valence electrons. The number of aromatic nitrogens is 3. The average molecular weight is 355 g/mol. The van der Waals surface area contributed by atoms with Gasteiger partial charge in [-0.1, -0.05) is 18.3 Å². The van der Waals surface area contributed by atoms with Gasteiger partial charge in [0.2, 0.25) is 0 Å². The lowest BCUT2D eigenvalue weighted by Gasteiger charge is -2.17. The van der Waals surface area contributed by atoms with Gasteiger partial charge in [0, 0.05) is 12.8 Å². The Bertz CT molecular complexity index is 1110. The first-order chi connectivity index (χ1) is 12.1. The number of rotatable bonds is 3. The molecule has 7 nitrogen and oxygen atoms in total. The second kappa shape index (κ2) is 6.05. The predicted molar refractivity (Wildman–Crippen MR) is 97.7 cm³/mol. The van der Waals surface area contributed by atoms with Crippen LogP contribution in [0.2, 0.25) is 0 Å². The molecule has 25 heavy (non-hydrogen) atoms. The zero-order valence-electron chi connectivity index (χ0n) is 13.4. The van der Waals surface area contributed by atoms with E-state index in [9.17, 15) is 4.79 Å². The van der Waals surface area contributed by atoms with Gasteiger partial charge >= 0.3 is 0 Å². The zero-order valence-corrected chi connectivity index (χ0v) is 14.3. The molecule has 1 aliphatic rings. The summed E-state index contributed by atoms with van der Waals surface area (Å²) in [4.78, 5) is 17.6. The number of hydrogen-bond donors (Lipinski definition) is 2. The van der Waals surface area contributed by atoms with Crippen LogP contribution in [0.4, 0.5) is 0 Å². The van der Waals surface area contributed by atoms with Crippen LogP contribution in [0.1, 0.15) is 18.4 Å². The number of nitrogens with one attached hydrogen (secondary N) is 1. The number of fused-ring (bicyclic) bond motifs is 2. The summed E-state index contributed by atoms with van der Waals surface area (Å²) in [6, 6.07) is 6.93. The van der Waals surface area contributed by atoms with E-state index in [1.807, 2.05) is 6.07 Å². The molecule has 0 spiro atoms. The zero-order chi connectivity index (χ0) is 17.6. The van der Waals surface area contributed by atoms with E-state index in [0.717, 1.165) is 12.8 Å². The second-order valence-electron chi connectivity index (χ2n) is 6.10. The number of hydrogen-bond acceptors (Lipinski definition) is 5. The van der Waals surface area contributed by atoms with Crippen LogP contribution in [0.25, 0.3) is 16.7 Å². The summed E-state index contributed by atoms with van der Waals surface area (Å²) < 4.78 is 8.87. The normalized spacial score (nSPS) is 17.4. The molecule has 1 aliphatic heterocycles. The quantitative estimate of drug-likeness (QED) is 0.538. The average Bonchev–Trinajstić information content (AvgIpc) is 3.11. The molecule has 3 N–H and O–H groups in total. The molecule has 0 aromatic carbocycles. The summed E-state index contributed by atoms with van der Waals surface area (Å²) in [5.74, 6) is 0. The fourth-order valence-corrected chi connectivity index (χ4v) is 3.40. The molecule has 0 bridgehead atoms. The van der Waals surface area contributed by atoms with Gasteiger partial charge in [-0.25, -0.2) is 4.98 Å². The highest BCUT2D eigenvalue weighted by Crippen LogP contribution is 2.16. The van der Waals surface area contributed by atoms with Gasteiger partial charge in [-0.05, 0) is 31.0 Å². The molecule has 3 aromatic rings. The van der Waals surface area contributed by atoms with Crippen LogP contribution in [0.5, 0.6) is 0 Å². The molecule has 0 radical (unpaired) electrons. The number of pyridine rings is 2. The van der Waals surface area contributed by atoms with Gasteiger partial charge in [-0.3, -0.25) is 14.6 Å². The molecule has 0 amide bonds. The first kappa shape index (κ1) is 15.9. The Kier molecular flexibility index (Phi) is 3.85. The highest BCUT2D eigenvalue weighted by molar-refractivity contribution is 7.80. The van der Waals surface area contributed by atoms with E-state index in [1.165, 1.54) is 4.40 Å². The second-order valence-corrected chi connectivity index (χ2v) is 6.54. The van der Waals surface area contributed by atoms with Gasteiger partial charge in [0.15, 0.2) is 0 Å². The van der Waals surface area contributed by atoms with Gasteiger partial charge in [0.1, 0.15) is 21.8 Å². The lowest BCUT2D eigenvalue weighted by Crippen LogP contribution is -2.34. The standard InChI is InChI=1S/C17H17N5O2S/c18-14-11(15(19)25)8-12-16(22(14)9-10-4-3-7-24-10)20-13-5-1-2-6-21(13)17(12)23/h1-2,5-6,8,10,18H,3-4,7,9H2,(H2,19,25). The summed E-state index contributed by atoms with van der Waals surface area (Å²) in [7, 11) is 0. The van der Waals surface area contributed by atoms with Crippen molar-refractivity contribution in [2.45, 2.75) is 25.5 Å². The minimum atomic E-state index is -0.209. The van der Waals surface area contributed by atoms with Crippen molar-refractivity contribution >= 4 is 33.9 Å². The molecule has 3 aromatic heterocycles. The Morgan fingerprint density at radius 3 is 3.04 bits per heavy atom. The van der Waals surface area contributed by atoms with Crippen molar-refractivity contribution in [3.63, 3.8) is 0 Å². The molecule has 1 saturated heterocycles. The van der Waals surface area contributed by atoms with Crippen molar-refractivity contribution in [2.75, 3.05) is 6.61 Å². The monoisotopic (exact) mass is 355 g/mol. The van der Waals surface area contributed by atoms with Crippen molar-refractivity contribution in [3.05, 3.63) is 51.9 Å². The lowest BCUT2D eigenvalue weighted by atomic mass is 10.2. The van der Waals surface area contributed by atoms with Crippen LogP contribution in [-0.4, -0.2) is 31.7 Å². The van der Waals surface area contributed by atoms with Gasteiger partial charge in [-0.2, -0.15) is 0 Å². The first-order valence-electron chi connectivity index (χ1n) is 8.07. The molecule has 0 aliphatic carbocycles. The third kappa shape index (κ3) is 2.63. The molecular weight excluding hydrogens is 338 g/mol. The Morgan fingerprint density at radius 1 is 1.48 bits per heavy atom. The highest BCUT2D eigenvalue weighted by Gasteiger charge is 2.20. The van der Waals surface area contributed by atoms with Crippen molar-refractivity contribution in [3.8, 4) is 0 Å².